The maximum Gasteiger partial charge on any atom is 0.472 e. The minimum Gasteiger partial charge on any atom is -0.462 e. The van der Waals surface area contributed by atoms with Crippen molar-refractivity contribution in [2.24, 2.45) is 0 Å². The average Bonchev–Trinajstić information content (AvgIpc) is 3.20. The molecule has 2 unspecified atom stereocenters. The number of esters is 2. The van der Waals surface area contributed by atoms with Crippen LogP contribution in [0.5, 0.6) is 0 Å². The molecule has 358 valence electrons. The molecule has 0 saturated carbocycles. The Bertz CT molecular complexity index is 990. The third kappa shape index (κ3) is 46.5. The second-order valence-corrected chi connectivity index (χ2v) is 20.4. The van der Waals surface area contributed by atoms with Crippen LogP contribution in [0.25, 0.3) is 0 Å². The highest BCUT2D eigenvalue weighted by atomic mass is 31.2. The predicted octanol–water partition coefficient (Wildman–Crippen LogP) is 15.1. The highest BCUT2D eigenvalue weighted by molar-refractivity contribution is 7.47. The lowest BCUT2D eigenvalue weighted by Gasteiger charge is -2.24. The van der Waals surface area contributed by atoms with E-state index in [1.807, 2.05) is 21.1 Å². The quantitative estimate of drug-likeness (QED) is 0.0279. The van der Waals surface area contributed by atoms with Crippen LogP contribution in [0.4, 0.5) is 0 Å². The van der Waals surface area contributed by atoms with E-state index in [0.717, 1.165) is 38.5 Å². The van der Waals surface area contributed by atoms with Gasteiger partial charge in [0.05, 0.1) is 27.7 Å². The molecule has 1 N–H and O–H groups in total. The van der Waals surface area contributed by atoms with Crippen molar-refractivity contribution in [3.05, 3.63) is 0 Å². The number of unbranched alkanes of at least 4 members (excludes halogenated alkanes) is 34. The van der Waals surface area contributed by atoms with Crippen LogP contribution in [0.15, 0.2) is 0 Å². The largest absolute Gasteiger partial charge is 0.472 e. The number of quaternary nitrogens is 1. The Kier molecular flexibility index (Phi) is 42.6. The lowest BCUT2D eigenvalue weighted by atomic mass is 10.0. The second-order valence-electron chi connectivity index (χ2n) is 18.9. The summed E-state index contributed by atoms with van der Waals surface area (Å²) in [5, 5.41) is 0. The number of likely N-dealkylation sites (N-methyl/N-ethyl adjacent to an activating group) is 1. The van der Waals surface area contributed by atoms with Gasteiger partial charge in [-0.1, -0.05) is 232 Å². The van der Waals surface area contributed by atoms with Crippen molar-refractivity contribution in [1.82, 2.24) is 0 Å². The predicted molar refractivity (Wildman–Crippen MR) is 252 cm³/mol. The Hall–Kier alpha value is -0.990. The van der Waals surface area contributed by atoms with Gasteiger partial charge >= 0.3 is 19.8 Å². The average molecular weight is 875 g/mol. The highest BCUT2D eigenvalue weighted by Crippen LogP contribution is 2.43. The first-order valence-corrected chi connectivity index (χ1v) is 27.3. The summed E-state index contributed by atoms with van der Waals surface area (Å²) in [4.78, 5) is 35.5. The van der Waals surface area contributed by atoms with Crippen molar-refractivity contribution >= 4 is 19.8 Å². The molecule has 60 heavy (non-hydrogen) atoms. The van der Waals surface area contributed by atoms with E-state index in [-0.39, 0.29) is 25.6 Å². The van der Waals surface area contributed by atoms with E-state index in [1.165, 1.54) is 193 Å². The van der Waals surface area contributed by atoms with Gasteiger partial charge in [0.25, 0.3) is 0 Å². The van der Waals surface area contributed by atoms with E-state index in [4.69, 9.17) is 18.5 Å². The molecule has 0 radical (unpaired) electrons. The first-order chi connectivity index (χ1) is 29.0. The maximum absolute atomic E-state index is 12.7. The molecule has 0 aromatic carbocycles. The summed E-state index contributed by atoms with van der Waals surface area (Å²) in [5.74, 6) is -0.777. The standard InChI is InChI=1S/C50H100NO8P/c1-6-8-10-12-14-16-18-20-22-24-25-27-28-30-32-34-36-38-40-42-49(52)56-46-48(47-58-60(54,55)57-45-44-51(3,4)5)59-50(53)43-41-39-37-35-33-31-29-26-23-21-19-17-15-13-11-9-7-2/h48H,6-47H2,1-5H3/p+1. The van der Waals surface area contributed by atoms with E-state index in [1.54, 1.807) is 0 Å². The molecule has 0 aliphatic heterocycles. The summed E-state index contributed by atoms with van der Waals surface area (Å²) in [7, 11) is 1.50. The minimum absolute atomic E-state index is 0.0372. The number of phosphoric ester groups is 1. The molecule has 0 saturated heterocycles. The molecule has 0 heterocycles. The zero-order valence-electron chi connectivity index (χ0n) is 40.5. The van der Waals surface area contributed by atoms with Crippen LogP contribution in [0, 0.1) is 0 Å². The van der Waals surface area contributed by atoms with Crippen molar-refractivity contribution in [3.8, 4) is 0 Å². The van der Waals surface area contributed by atoms with Crippen LogP contribution in [0.2, 0.25) is 0 Å². The van der Waals surface area contributed by atoms with Gasteiger partial charge in [-0.25, -0.2) is 4.57 Å². The van der Waals surface area contributed by atoms with E-state index in [9.17, 15) is 19.0 Å². The number of phosphoric acid groups is 1. The first kappa shape index (κ1) is 59.0. The summed E-state index contributed by atoms with van der Waals surface area (Å²) in [6.07, 6.45) is 45.8. The van der Waals surface area contributed by atoms with Gasteiger partial charge in [-0.05, 0) is 12.8 Å². The molecular formula is C50H101NO8P+. The Balaban J connectivity index is 4.20. The molecule has 0 amide bonds. The molecule has 0 aromatic heterocycles. The van der Waals surface area contributed by atoms with Gasteiger partial charge in [0.1, 0.15) is 19.8 Å². The molecule has 2 atom stereocenters. The van der Waals surface area contributed by atoms with Gasteiger partial charge in [-0.15, -0.1) is 0 Å². The number of carbonyl (C=O) groups is 2. The topological polar surface area (TPSA) is 108 Å². The molecule has 0 spiro atoms. The fourth-order valence-electron chi connectivity index (χ4n) is 7.61. The number of rotatable bonds is 48. The van der Waals surface area contributed by atoms with Crippen LogP contribution >= 0.6 is 7.82 Å². The Morgan fingerprint density at radius 3 is 1.07 bits per heavy atom. The second kappa shape index (κ2) is 43.3. The van der Waals surface area contributed by atoms with Crippen LogP contribution < -0.4 is 0 Å². The van der Waals surface area contributed by atoms with E-state index in [0.29, 0.717) is 17.4 Å². The Morgan fingerprint density at radius 2 is 0.750 bits per heavy atom. The van der Waals surface area contributed by atoms with Crippen LogP contribution in [0.3, 0.4) is 0 Å². The smallest absolute Gasteiger partial charge is 0.462 e. The summed E-state index contributed by atoms with van der Waals surface area (Å²) >= 11 is 0. The molecule has 0 aliphatic rings. The van der Waals surface area contributed by atoms with Gasteiger partial charge in [0.2, 0.25) is 0 Å². The Labute approximate surface area is 372 Å². The van der Waals surface area contributed by atoms with Crippen LogP contribution in [-0.4, -0.2) is 74.9 Å². The molecule has 10 heteroatoms. The summed E-state index contributed by atoms with van der Waals surface area (Å²) in [5.41, 5.74) is 0. The molecule has 0 aromatic rings. The molecule has 0 aliphatic carbocycles. The molecule has 0 rings (SSSR count). The Morgan fingerprint density at radius 1 is 0.450 bits per heavy atom. The third-order valence-electron chi connectivity index (χ3n) is 11.6. The zero-order chi connectivity index (χ0) is 44.3. The summed E-state index contributed by atoms with van der Waals surface area (Å²) in [6.45, 7) is 4.49. The van der Waals surface area contributed by atoms with E-state index < -0.39 is 26.5 Å². The number of ether oxygens (including phenoxy) is 2. The number of nitrogens with zero attached hydrogens (tertiary/aromatic N) is 1. The third-order valence-corrected chi connectivity index (χ3v) is 12.6. The van der Waals surface area contributed by atoms with Crippen molar-refractivity contribution in [2.45, 2.75) is 264 Å². The normalized spacial score (nSPS) is 13.4. The van der Waals surface area contributed by atoms with Crippen LogP contribution in [0.1, 0.15) is 258 Å². The number of hydrogen-bond donors (Lipinski definition) is 1. The van der Waals surface area contributed by atoms with Gasteiger partial charge < -0.3 is 18.9 Å². The van der Waals surface area contributed by atoms with Gasteiger partial charge in [-0.3, -0.25) is 18.6 Å². The fourth-order valence-corrected chi connectivity index (χ4v) is 8.35. The molecule has 9 nitrogen and oxygen atoms in total. The molecular weight excluding hydrogens is 774 g/mol. The number of carbonyl (C=O) groups excluding carboxylic acids is 2. The summed E-state index contributed by atoms with van der Waals surface area (Å²) < 4.78 is 34.5. The van der Waals surface area contributed by atoms with E-state index >= 15 is 0 Å². The molecule has 0 fully saturated rings. The lowest BCUT2D eigenvalue weighted by molar-refractivity contribution is -0.870. The lowest BCUT2D eigenvalue weighted by Crippen LogP contribution is -2.37. The van der Waals surface area contributed by atoms with Crippen molar-refractivity contribution in [1.29, 1.82) is 0 Å². The first-order valence-electron chi connectivity index (χ1n) is 25.8. The van der Waals surface area contributed by atoms with E-state index in [2.05, 4.69) is 13.8 Å². The van der Waals surface area contributed by atoms with Crippen LogP contribution in [-0.2, 0) is 32.7 Å². The minimum atomic E-state index is -4.37. The van der Waals surface area contributed by atoms with Gasteiger partial charge in [0.15, 0.2) is 6.10 Å². The SMILES string of the molecule is CCCCCCCCCCCCCCCCCCCCCC(=O)OCC(COP(=O)(O)OCC[N+](C)(C)C)OC(=O)CCCCCCCCCCCCCCCCCCC. The van der Waals surface area contributed by atoms with Gasteiger partial charge in [0, 0.05) is 12.8 Å². The summed E-state index contributed by atoms with van der Waals surface area (Å²) in [6, 6.07) is 0. The molecule has 0 bridgehead atoms. The zero-order valence-corrected chi connectivity index (χ0v) is 41.4. The van der Waals surface area contributed by atoms with Crippen molar-refractivity contribution in [3.63, 3.8) is 0 Å². The van der Waals surface area contributed by atoms with Crippen molar-refractivity contribution < 1.29 is 42.1 Å². The van der Waals surface area contributed by atoms with Gasteiger partial charge in [-0.2, -0.15) is 0 Å². The fraction of sp³-hybridized carbons (Fsp3) is 0.960. The van der Waals surface area contributed by atoms with Crippen molar-refractivity contribution in [2.75, 3.05) is 47.5 Å². The number of hydrogen-bond acceptors (Lipinski definition) is 7. The monoisotopic (exact) mass is 875 g/mol. The highest BCUT2D eigenvalue weighted by Gasteiger charge is 2.27. The maximum atomic E-state index is 12.7.